The Bertz CT molecular complexity index is 577. The first-order valence-electron chi connectivity index (χ1n) is 7.11. The van der Waals surface area contributed by atoms with Gasteiger partial charge in [-0.1, -0.05) is 31.0 Å². The van der Waals surface area contributed by atoms with Crippen LogP contribution in [0.25, 0.3) is 10.1 Å². The Balaban J connectivity index is 1.89. The third-order valence-electron chi connectivity index (χ3n) is 3.42. The second-order valence-corrected chi connectivity index (χ2v) is 6.00. The average Bonchev–Trinajstić information content (AvgIpc) is 2.80. The van der Waals surface area contributed by atoms with Crippen LogP contribution in [0.2, 0.25) is 0 Å². The molecular formula is C16H21NO2S. The van der Waals surface area contributed by atoms with Crippen molar-refractivity contribution < 1.29 is 9.90 Å². The van der Waals surface area contributed by atoms with Gasteiger partial charge in [-0.15, -0.1) is 11.3 Å². The molecule has 1 heterocycles. The van der Waals surface area contributed by atoms with Gasteiger partial charge in [0.15, 0.2) is 0 Å². The van der Waals surface area contributed by atoms with Gasteiger partial charge in [0, 0.05) is 17.9 Å². The number of aryl methyl sites for hydroxylation is 1. The number of fused-ring (bicyclic) bond motifs is 1. The van der Waals surface area contributed by atoms with Gasteiger partial charge in [0.25, 0.3) is 5.91 Å². The summed E-state index contributed by atoms with van der Waals surface area (Å²) in [7, 11) is 0. The number of benzene rings is 1. The van der Waals surface area contributed by atoms with E-state index in [-0.39, 0.29) is 12.5 Å². The number of hydrogen-bond donors (Lipinski definition) is 2. The molecule has 0 saturated carbocycles. The van der Waals surface area contributed by atoms with Crippen LogP contribution in [0.4, 0.5) is 0 Å². The normalized spacial score (nSPS) is 10.9. The number of carbonyl (C=O) groups is 1. The summed E-state index contributed by atoms with van der Waals surface area (Å²) in [6.45, 7) is 2.97. The zero-order chi connectivity index (χ0) is 14.4. The molecule has 0 fully saturated rings. The maximum absolute atomic E-state index is 12.2. The van der Waals surface area contributed by atoms with Crippen molar-refractivity contribution in [3.63, 3.8) is 0 Å². The summed E-state index contributed by atoms with van der Waals surface area (Å²) in [6.07, 6.45) is 3.89. The van der Waals surface area contributed by atoms with Crippen molar-refractivity contribution in [3.05, 3.63) is 34.7 Å². The van der Waals surface area contributed by atoms with E-state index < -0.39 is 0 Å². The molecule has 0 radical (unpaired) electrons. The predicted molar refractivity (Wildman–Crippen MR) is 84.4 cm³/mol. The van der Waals surface area contributed by atoms with E-state index in [1.54, 1.807) is 11.3 Å². The van der Waals surface area contributed by atoms with Crippen LogP contribution in [-0.4, -0.2) is 24.2 Å². The highest BCUT2D eigenvalue weighted by atomic mass is 32.1. The van der Waals surface area contributed by atoms with Crippen molar-refractivity contribution in [2.75, 3.05) is 13.2 Å². The molecule has 1 aromatic carbocycles. The van der Waals surface area contributed by atoms with Gasteiger partial charge >= 0.3 is 0 Å². The molecule has 0 bridgehead atoms. The molecular weight excluding hydrogens is 270 g/mol. The largest absolute Gasteiger partial charge is 0.396 e. The summed E-state index contributed by atoms with van der Waals surface area (Å²) >= 11 is 1.56. The lowest BCUT2D eigenvalue weighted by Gasteiger charge is -2.04. The lowest BCUT2D eigenvalue weighted by atomic mass is 10.1. The van der Waals surface area contributed by atoms with Gasteiger partial charge in [0.2, 0.25) is 0 Å². The summed E-state index contributed by atoms with van der Waals surface area (Å²) in [5.41, 5.74) is 1.07. The molecule has 0 aliphatic heterocycles. The third-order valence-corrected chi connectivity index (χ3v) is 4.69. The lowest BCUT2D eigenvalue weighted by molar-refractivity contribution is 0.0956. The van der Waals surface area contributed by atoms with Gasteiger partial charge in [-0.2, -0.15) is 0 Å². The van der Waals surface area contributed by atoms with Crippen molar-refractivity contribution in [1.82, 2.24) is 5.32 Å². The number of unbranched alkanes of at least 4 members (excludes halogenated alkanes) is 3. The first-order valence-corrected chi connectivity index (χ1v) is 7.93. The standard InChI is InChI=1S/C16H21NO2S/c1-12-13-8-4-5-9-14(13)20-15(12)16(19)17-10-6-2-3-7-11-18/h4-5,8-9,18H,2-3,6-7,10-11H2,1H3,(H,17,19). The maximum Gasteiger partial charge on any atom is 0.261 e. The first-order chi connectivity index (χ1) is 9.74. The maximum atomic E-state index is 12.2. The summed E-state index contributed by atoms with van der Waals surface area (Å²) in [5.74, 6) is 0.0332. The fourth-order valence-corrected chi connectivity index (χ4v) is 3.39. The van der Waals surface area contributed by atoms with E-state index >= 15 is 0 Å². The summed E-state index contributed by atoms with van der Waals surface area (Å²) in [4.78, 5) is 13.0. The van der Waals surface area contributed by atoms with Crippen LogP contribution >= 0.6 is 11.3 Å². The molecule has 0 atom stereocenters. The molecule has 3 nitrogen and oxygen atoms in total. The minimum absolute atomic E-state index is 0.0332. The fourth-order valence-electron chi connectivity index (χ4n) is 2.26. The van der Waals surface area contributed by atoms with E-state index in [1.165, 1.54) is 5.39 Å². The number of amides is 1. The molecule has 1 aromatic heterocycles. The van der Waals surface area contributed by atoms with Gasteiger partial charge in [-0.3, -0.25) is 4.79 Å². The smallest absolute Gasteiger partial charge is 0.261 e. The van der Waals surface area contributed by atoms with Crippen LogP contribution in [-0.2, 0) is 0 Å². The van der Waals surface area contributed by atoms with Crippen molar-refractivity contribution >= 4 is 27.3 Å². The van der Waals surface area contributed by atoms with Crippen molar-refractivity contribution in [2.24, 2.45) is 0 Å². The Morgan fingerprint density at radius 3 is 2.70 bits per heavy atom. The van der Waals surface area contributed by atoms with E-state index in [2.05, 4.69) is 17.4 Å². The minimum Gasteiger partial charge on any atom is -0.396 e. The van der Waals surface area contributed by atoms with Crippen LogP contribution < -0.4 is 5.32 Å². The van der Waals surface area contributed by atoms with Gasteiger partial charge in [-0.25, -0.2) is 0 Å². The molecule has 20 heavy (non-hydrogen) atoms. The Hall–Kier alpha value is -1.39. The molecule has 0 unspecified atom stereocenters. The Morgan fingerprint density at radius 1 is 1.20 bits per heavy atom. The molecule has 1 amide bonds. The Labute approximate surface area is 123 Å². The predicted octanol–water partition coefficient (Wildman–Crippen LogP) is 3.49. The molecule has 0 spiro atoms. The van der Waals surface area contributed by atoms with Gasteiger partial charge in [-0.05, 0) is 36.8 Å². The number of hydrogen-bond acceptors (Lipinski definition) is 3. The topological polar surface area (TPSA) is 49.3 Å². The zero-order valence-corrected chi connectivity index (χ0v) is 12.6. The quantitative estimate of drug-likeness (QED) is 0.767. The van der Waals surface area contributed by atoms with Gasteiger partial charge in [0.05, 0.1) is 4.88 Å². The van der Waals surface area contributed by atoms with Crippen LogP contribution in [0.1, 0.15) is 40.9 Å². The molecule has 2 N–H and O–H groups in total. The third kappa shape index (κ3) is 3.58. The van der Waals surface area contributed by atoms with E-state index in [4.69, 9.17) is 5.11 Å². The van der Waals surface area contributed by atoms with Crippen LogP contribution in [0.5, 0.6) is 0 Å². The molecule has 108 valence electrons. The minimum atomic E-state index is 0.0332. The summed E-state index contributed by atoms with van der Waals surface area (Å²) in [6, 6.07) is 8.12. The number of nitrogens with one attached hydrogen (secondary N) is 1. The molecule has 2 aromatic rings. The number of aliphatic hydroxyl groups excluding tert-OH is 1. The van der Waals surface area contributed by atoms with Crippen LogP contribution in [0, 0.1) is 6.92 Å². The lowest BCUT2D eigenvalue weighted by Crippen LogP contribution is -2.24. The molecule has 2 rings (SSSR count). The molecule has 0 aliphatic carbocycles. The zero-order valence-electron chi connectivity index (χ0n) is 11.8. The Kier molecular flexibility index (Phi) is 5.56. The summed E-state index contributed by atoms with van der Waals surface area (Å²) < 4.78 is 1.16. The number of thiophene rings is 1. The van der Waals surface area contributed by atoms with E-state index in [9.17, 15) is 4.79 Å². The number of carbonyl (C=O) groups excluding carboxylic acids is 1. The number of aliphatic hydroxyl groups is 1. The number of rotatable bonds is 7. The van der Waals surface area contributed by atoms with E-state index in [1.807, 2.05) is 19.1 Å². The summed E-state index contributed by atoms with van der Waals surface area (Å²) in [5, 5.41) is 12.8. The second-order valence-electron chi connectivity index (χ2n) is 4.95. The highest BCUT2D eigenvalue weighted by molar-refractivity contribution is 7.21. The molecule has 4 heteroatoms. The first kappa shape index (κ1) is 15.0. The SMILES string of the molecule is Cc1c(C(=O)NCCCCCCO)sc2ccccc12. The second kappa shape index (κ2) is 7.41. The fraction of sp³-hybridized carbons (Fsp3) is 0.438. The van der Waals surface area contributed by atoms with Crippen molar-refractivity contribution in [1.29, 1.82) is 0 Å². The van der Waals surface area contributed by atoms with E-state index in [0.29, 0.717) is 6.54 Å². The molecule has 0 aliphatic rings. The highest BCUT2D eigenvalue weighted by Gasteiger charge is 2.14. The van der Waals surface area contributed by atoms with Gasteiger partial charge < -0.3 is 10.4 Å². The van der Waals surface area contributed by atoms with E-state index in [0.717, 1.165) is 40.8 Å². The van der Waals surface area contributed by atoms with Crippen molar-refractivity contribution in [3.8, 4) is 0 Å². The molecule has 0 saturated heterocycles. The van der Waals surface area contributed by atoms with Crippen molar-refractivity contribution in [2.45, 2.75) is 32.6 Å². The van der Waals surface area contributed by atoms with Crippen LogP contribution in [0.3, 0.4) is 0 Å². The van der Waals surface area contributed by atoms with Crippen LogP contribution in [0.15, 0.2) is 24.3 Å². The van der Waals surface area contributed by atoms with Gasteiger partial charge in [0.1, 0.15) is 0 Å². The average molecular weight is 291 g/mol. The Morgan fingerprint density at radius 2 is 1.95 bits per heavy atom. The highest BCUT2D eigenvalue weighted by Crippen LogP contribution is 2.30. The monoisotopic (exact) mass is 291 g/mol.